The van der Waals surface area contributed by atoms with E-state index >= 15 is 0 Å². The van der Waals surface area contributed by atoms with E-state index in [9.17, 15) is 0 Å². The first-order chi connectivity index (χ1) is 10.2. The molecule has 6 heteroatoms. The highest BCUT2D eigenvalue weighted by Crippen LogP contribution is 2.41. The highest BCUT2D eigenvalue weighted by atomic mass is 32.2. The number of ether oxygens (including phenoxy) is 1. The number of hydrogen-bond acceptors (Lipinski definition) is 5. The molecular weight excluding hydrogens is 281 g/mol. The van der Waals surface area contributed by atoms with Crippen molar-refractivity contribution >= 4 is 37.0 Å². The lowest BCUT2D eigenvalue weighted by atomic mass is 9.93. The molecule has 0 fully saturated rings. The van der Waals surface area contributed by atoms with Crippen LogP contribution in [0.2, 0.25) is 0 Å². The third-order valence-corrected chi connectivity index (χ3v) is 4.63. The number of allylic oxidation sites excluding steroid dienone is 1. The van der Waals surface area contributed by atoms with Crippen LogP contribution in [0.1, 0.15) is 17.2 Å². The van der Waals surface area contributed by atoms with Gasteiger partial charge in [-0.1, -0.05) is 29.7 Å². The van der Waals surface area contributed by atoms with Gasteiger partial charge in [-0.15, -0.1) is 11.8 Å². The number of nitrogens with two attached hydrogens (primary N) is 1. The second-order valence-electron chi connectivity index (χ2n) is 4.75. The van der Waals surface area contributed by atoms with Crippen molar-refractivity contribution in [3.63, 3.8) is 0 Å². The largest absolute Gasteiger partial charge is 0.497 e. The van der Waals surface area contributed by atoms with Gasteiger partial charge < -0.3 is 10.5 Å². The SMILES string of the molecule is [B]c1ccc(/C=C/C2CSc3c(N)ncnc32)cc1OC. The molecule has 1 atom stereocenters. The number of benzene rings is 1. The average Bonchev–Trinajstić information content (AvgIpc) is 2.91. The third kappa shape index (κ3) is 2.76. The molecule has 2 N–H and O–H groups in total. The summed E-state index contributed by atoms with van der Waals surface area (Å²) in [6, 6.07) is 5.73. The zero-order chi connectivity index (χ0) is 14.8. The fourth-order valence-electron chi connectivity index (χ4n) is 2.27. The Balaban J connectivity index is 1.84. The Labute approximate surface area is 129 Å². The normalized spacial score (nSPS) is 17.1. The van der Waals surface area contributed by atoms with E-state index in [1.807, 2.05) is 18.2 Å². The fourth-order valence-corrected chi connectivity index (χ4v) is 3.44. The Bertz CT molecular complexity index is 705. The number of thioether (sulfide) groups is 1. The molecule has 2 radical (unpaired) electrons. The van der Waals surface area contributed by atoms with Crippen molar-refractivity contribution < 1.29 is 4.74 Å². The molecule has 1 aliphatic heterocycles. The predicted molar refractivity (Wildman–Crippen MR) is 87.3 cm³/mol. The summed E-state index contributed by atoms with van der Waals surface area (Å²) in [5.74, 6) is 2.43. The van der Waals surface area contributed by atoms with Crippen LogP contribution in [0, 0.1) is 0 Å². The van der Waals surface area contributed by atoms with Crippen molar-refractivity contribution in [2.24, 2.45) is 0 Å². The molecule has 0 spiro atoms. The van der Waals surface area contributed by atoms with Crippen molar-refractivity contribution in [3.8, 4) is 5.75 Å². The Hall–Kier alpha value is -1.95. The van der Waals surface area contributed by atoms with Crippen molar-refractivity contribution in [2.75, 3.05) is 18.6 Å². The van der Waals surface area contributed by atoms with Crippen molar-refractivity contribution in [3.05, 3.63) is 41.9 Å². The summed E-state index contributed by atoms with van der Waals surface area (Å²) in [6.45, 7) is 0. The lowest BCUT2D eigenvalue weighted by Crippen LogP contribution is -2.06. The van der Waals surface area contributed by atoms with Crippen LogP contribution in [0.4, 0.5) is 5.82 Å². The van der Waals surface area contributed by atoms with E-state index < -0.39 is 0 Å². The Morgan fingerprint density at radius 3 is 3.10 bits per heavy atom. The van der Waals surface area contributed by atoms with Crippen molar-refractivity contribution in [2.45, 2.75) is 10.8 Å². The molecule has 0 aliphatic carbocycles. The van der Waals surface area contributed by atoms with Crippen LogP contribution in [-0.2, 0) is 0 Å². The van der Waals surface area contributed by atoms with Gasteiger partial charge in [-0.3, -0.25) is 0 Å². The van der Waals surface area contributed by atoms with Crippen LogP contribution in [-0.4, -0.2) is 30.7 Å². The van der Waals surface area contributed by atoms with Crippen molar-refractivity contribution in [1.82, 2.24) is 9.97 Å². The lowest BCUT2D eigenvalue weighted by Gasteiger charge is -2.07. The van der Waals surface area contributed by atoms with Crippen LogP contribution in [0.25, 0.3) is 6.08 Å². The minimum Gasteiger partial charge on any atom is -0.497 e. The van der Waals surface area contributed by atoms with Gasteiger partial charge in [0.2, 0.25) is 0 Å². The maximum Gasteiger partial charge on any atom is 0.140 e. The van der Waals surface area contributed by atoms with Crippen molar-refractivity contribution in [1.29, 1.82) is 0 Å². The minimum absolute atomic E-state index is 0.249. The number of nitrogens with zero attached hydrogens (tertiary/aromatic N) is 2. The molecule has 0 saturated carbocycles. The van der Waals surface area contributed by atoms with Gasteiger partial charge >= 0.3 is 0 Å². The Morgan fingerprint density at radius 1 is 1.43 bits per heavy atom. The molecular formula is C15H14BN3OS. The highest BCUT2D eigenvalue weighted by molar-refractivity contribution is 7.99. The summed E-state index contributed by atoms with van der Waals surface area (Å²) >= 11 is 1.70. The van der Waals surface area contributed by atoms with Gasteiger partial charge in [0.1, 0.15) is 25.7 Å². The first-order valence-electron chi connectivity index (χ1n) is 6.54. The van der Waals surface area contributed by atoms with Gasteiger partial charge in [-0.2, -0.15) is 0 Å². The van der Waals surface area contributed by atoms with Crippen LogP contribution < -0.4 is 15.9 Å². The zero-order valence-corrected chi connectivity index (χ0v) is 12.4. The van der Waals surface area contributed by atoms with Gasteiger partial charge in [0.25, 0.3) is 0 Å². The summed E-state index contributed by atoms with van der Waals surface area (Å²) in [4.78, 5) is 9.38. The molecule has 1 aromatic carbocycles. The van der Waals surface area contributed by atoms with E-state index in [0.717, 1.165) is 21.9 Å². The molecule has 1 aromatic heterocycles. The molecule has 4 nitrogen and oxygen atoms in total. The van der Waals surface area contributed by atoms with Gasteiger partial charge in [0.05, 0.1) is 17.7 Å². The first kappa shape index (κ1) is 14.0. The molecule has 1 aliphatic rings. The van der Waals surface area contributed by atoms with Gasteiger partial charge in [0.15, 0.2) is 0 Å². The van der Waals surface area contributed by atoms with E-state index in [-0.39, 0.29) is 5.92 Å². The maximum absolute atomic E-state index is 5.87. The maximum atomic E-state index is 5.87. The van der Waals surface area contributed by atoms with Crippen LogP contribution >= 0.6 is 11.8 Å². The zero-order valence-electron chi connectivity index (χ0n) is 11.6. The quantitative estimate of drug-likeness (QED) is 0.874. The van der Waals surface area contributed by atoms with Crippen LogP contribution in [0.15, 0.2) is 35.5 Å². The minimum atomic E-state index is 0.249. The monoisotopic (exact) mass is 295 g/mol. The van der Waals surface area contributed by atoms with Crippen LogP contribution in [0.5, 0.6) is 5.75 Å². The molecule has 1 unspecified atom stereocenters. The summed E-state index contributed by atoms with van der Waals surface area (Å²) in [7, 11) is 7.43. The summed E-state index contributed by atoms with van der Waals surface area (Å²) < 4.78 is 5.23. The summed E-state index contributed by atoms with van der Waals surface area (Å²) in [5, 5.41) is 0. The molecule has 3 rings (SSSR count). The molecule has 0 bridgehead atoms. The van der Waals surface area contributed by atoms with E-state index in [2.05, 4.69) is 22.1 Å². The summed E-state index contributed by atoms with van der Waals surface area (Å²) in [6.07, 6.45) is 5.71. The second-order valence-corrected chi connectivity index (χ2v) is 5.78. The molecule has 2 heterocycles. The number of hydrogen-bond donors (Lipinski definition) is 1. The number of anilines is 1. The summed E-state index contributed by atoms with van der Waals surface area (Å²) in [5.41, 5.74) is 8.55. The third-order valence-electron chi connectivity index (χ3n) is 3.40. The Kier molecular flexibility index (Phi) is 3.88. The number of fused-ring (bicyclic) bond motifs is 1. The van der Waals surface area contributed by atoms with E-state index in [1.54, 1.807) is 18.9 Å². The average molecular weight is 295 g/mol. The van der Waals surface area contributed by atoms with E-state index in [0.29, 0.717) is 17.0 Å². The lowest BCUT2D eigenvalue weighted by molar-refractivity contribution is 0.418. The number of rotatable bonds is 3. The number of nitrogen functional groups attached to an aromatic ring is 1. The standard InChI is InChI=1S/C15H14BN3OS/c1-20-12-6-9(3-5-11(12)16)2-4-10-7-21-14-13(10)18-8-19-15(14)17/h2-6,8,10H,7H2,1H3,(H2,17,18,19)/b4-2+. The Morgan fingerprint density at radius 2 is 2.29 bits per heavy atom. The molecule has 0 saturated heterocycles. The second kappa shape index (κ2) is 5.81. The fraction of sp³-hybridized carbons (Fsp3) is 0.200. The molecule has 2 aromatic rings. The van der Waals surface area contributed by atoms with Crippen LogP contribution in [0.3, 0.4) is 0 Å². The molecule has 21 heavy (non-hydrogen) atoms. The topological polar surface area (TPSA) is 61.0 Å². The van der Waals surface area contributed by atoms with Gasteiger partial charge in [-0.05, 0) is 11.6 Å². The smallest absolute Gasteiger partial charge is 0.140 e. The van der Waals surface area contributed by atoms with Gasteiger partial charge in [-0.25, -0.2) is 9.97 Å². The highest BCUT2D eigenvalue weighted by Gasteiger charge is 2.24. The van der Waals surface area contributed by atoms with Gasteiger partial charge in [0, 0.05) is 11.7 Å². The number of methoxy groups -OCH3 is 1. The first-order valence-corrected chi connectivity index (χ1v) is 7.52. The number of aromatic nitrogens is 2. The van der Waals surface area contributed by atoms with E-state index in [4.69, 9.17) is 18.3 Å². The van der Waals surface area contributed by atoms with E-state index in [1.165, 1.54) is 6.33 Å². The molecule has 104 valence electrons. The predicted octanol–water partition coefficient (Wildman–Crippen LogP) is 1.76. The molecule has 0 amide bonds.